The first-order valence-electron chi connectivity index (χ1n) is 6.86. The highest BCUT2D eigenvalue weighted by molar-refractivity contribution is 14.0. The van der Waals surface area contributed by atoms with Crippen LogP contribution in [0, 0.1) is 0 Å². The number of aryl methyl sites for hydroxylation is 1. The van der Waals surface area contributed by atoms with Crippen LogP contribution in [0.15, 0.2) is 29.3 Å². The number of nitrogens with one attached hydrogen (secondary N) is 2. The quantitative estimate of drug-likeness (QED) is 0.300. The van der Waals surface area contributed by atoms with Crippen LogP contribution < -0.4 is 15.4 Å². The van der Waals surface area contributed by atoms with Gasteiger partial charge in [-0.2, -0.15) is 0 Å². The van der Waals surface area contributed by atoms with Crippen molar-refractivity contribution in [3.05, 3.63) is 29.8 Å². The molecule has 1 aromatic rings. The third-order valence-corrected chi connectivity index (χ3v) is 2.92. The molecule has 0 saturated carbocycles. The zero-order chi connectivity index (χ0) is 14.6. The van der Waals surface area contributed by atoms with Gasteiger partial charge in [-0.1, -0.05) is 12.1 Å². The summed E-state index contributed by atoms with van der Waals surface area (Å²) in [4.78, 5) is 4.15. The number of nitrogens with zero attached hydrogens (tertiary/aromatic N) is 1. The van der Waals surface area contributed by atoms with Crippen LogP contribution in [0.1, 0.15) is 12.0 Å². The lowest BCUT2D eigenvalue weighted by molar-refractivity contribution is 0.203. The molecule has 0 saturated heterocycles. The SMILES string of the molecule is CN=C(NCCCc1ccc(OC)cc1)NCCOC.I. The van der Waals surface area contributed by atoms with Crippen molar-refractivity contribution in [3.63, 3.8) is 0 Å². The monoisotopic (exact) mass is 407 g/mol. The Hall–Kier alpha value is -1.02. The van der Waals surface area contributed by atoms with Crippen LogP contribution in [0.25, 0.3) is 0 Å². The molecule has 21 heavy (non-hydrogen) atoms. The molecular formula is C15H26IN3O2. The van der Waals surface area contributed by atoms with E-state index in [9.17, 15) is 0 Å². The summed E-state index contributed by atoms with van der Waals surface area (Å²) in [5, 5.41) is 6.46. The summed E-state index contributed by atoms with van der Waals surface area (Å²) < 4.78 is 10.1. The minimum atomic E-state index is 0. The molecule has 0 aliphatic heterocycles. The van der Waals surface area contributed by atoms with Gasteiger partial charge >= 0.3 is 0 Å². The molecule has 5 nitrogen and oxygen atoms in total. The van der Waals surface area contributed by atoms with Gasteiger partial charge in [0.2, 0.25) is 0 Å². The second-order valence-corrected chi connectivity index (χ2v) is 4.37. The van der Waals surface area contributed by atoms with Crippen molar-refractivity contribution in [1.29, 1.82) is 0 Å². The van der Waals surface area contributed by atoms with Crippen LogP contribution in [-0.2, 0) is 11.2 Å². The van der Waals surface area contributed by atoms with Crippen molar-refractivity contribution in [2.24, 2.45) is 4.99 Å². The Bertz CT molecular complexity index is 396. The molecule has 0 fully saturated rings. The van der Waals surface area contributed by atoms with Gasteiger partial charge in [0.15, 0.2) is 5.96 Å². The summed E-state index contributed by atoms with van der Waals surface area (Å²) in [6.07, 6.45) is 2.09. The molecule has 0 amide bonds. The molecule has 2 N–H and O–H groups in total. The van der Waals surface area contributed by atoms with E-state index in [1.807, 2.05) is 12.1 Å². The molecule has 0 unspecified atom stereocenters. The van der Waals surface area contributed by atoms with Gasteiger partial charge in [-0.3, -0.25) is 4.99 Å². The Morgan fingerprint density at radius 3 is 2.33 bits per heavy atom. The number of methoxy groups -OCH3 is 2. The van der Waals surface area contributed by atoms with E-state index < -0.39 is 0 Å². The first kappa shape index (κ1) is 20.0. The highest BCUT2D eigenvalue weighted by Gasteiger charge is 1.98. The number of halogens is 1. The lowest BCUT2D eigenvalue weighted by Crippen LogP contribution is -2.39. The van der Waals surface area contributed by atoms with Crippen LogP contribution in [0.3, 0.4) is 0 Å². The first-order valence-corrected chi connectivity index (χ1v) is 6.86. The van der Waals surface area contributed by atoms with E-state index in [4.69, 9.17) is 9.47 Å². The summed E-state index contributed by atoms with van der Waals surface area (Å²) in [7, 11) is 5.14. The Morgan fingerprint density at radius 2 is 1.76 bits per heavy atom. The number of hydrogen-bond acceptors (Lipinski definition) is 3. The fourth-order valence-electron chi connectivity index (χ4n) is 1.78. The van der Waals surface area contributed by atoms with Gasteiger partial charge < -0.3 is 20.1 Å². The van der Waals surface area contributed by atoms with E-state index in [1.54, 1.807) is 21.3 Å². The average molecular weight is 407 g/mol. The molecule has 1 rings (SSSR count). The maximum absolute atomic E-state index is 5.14. The normalized spacial score (nSPS) is 10.7. The fraction of sp³-hybridized carbons (Fsp3) is 0.533. The number of ether oxygens (including phenoxy) is 2. The molecule has 0 aliphatic rings. The summed E-state index contributed by atoms with van der Waals surface area (Å²) in [6.45, 7) is 2.32. The lowest BCUT2D eigenvalue weighted by atomic mass is 10.1. The van der Waals surface area contributed by atoms with Gasteiger partial charge in [0.05, 0.1) is 13.7 Å². The molecule has 0 aliphatic carbocycles. The summed E-state index contributed by atoms with van der Waals surface area (Å²) >= 11 is 0. The van der Waals surface area contributed by atoms with Gasteiger partial charge in [0, 0.05) is 27.2 Å². The predicted molar refractivity (Wildman–Crippen MR) is 98.0 cm³/mol. The van der Waals surface area contributed by atoms with Gasteiger partial charge in [0.25, 0.3) is 0 Å². The predicted octanol–water partition coefficient (Wildman–Crippen LogP) is 2.06. The molecule has 0 atom stereocenters. The Morgan fingerprint density at radius 1 is 1.10 bits per heavy atom. The van der Waals surface area contributed by atoms with E-state index in [0.29, 0.717) is 6.61 Å². The van der Waals surface area contributed by atoms with Crippen LogP contribution in [0.5, 0.6) is 5.75 Å². The molecule has 0 aromatic heterocycles. The van der Waals surface area contributed by atoms with Crippen molar-refractivity contribution in [3.8, 4) is 5.75 Å². The number of benzene rings is 1. The molecule has 1 aromatic carbocycles. The van der Waals surface area contributed by atoms with Crippen LogP contribution >= 0.6 is 24.0 Å². The lowest BCUT2D eigenvalue weighted by Gasteiger charge is -2.11. The third-order valence-electron chi connectivity index (χ3n) is 2.92. The molecule has 6 heteroatoms. The topological polar surface area (TPSA) is 54.9 Å². The maximum atomic E-state index is 5.14. The minimum Gasteiger partial charge on any atom is -0.497 e. The second kappa shape index (κ2) is 12.7. The van der Waals surface area contributed by atoms with E-state index in [0.717, 1.165) is 37.6 Å². The van der Waals surface area contributed by atoms with Crippen LogP contribution in [0.2, 0.25) is 0 Å². The summed E-state index contributed by atoms with van der Waals surface area (Å²) in [6, 6.07) is 8.19. The van der Waals surface area contributed by atoms with Gasteiger partial charge in [0.1, 0.15) is 5.75 Å². The molecule has 120 valence electrons. The fourth-order valence-corrected chi connectivity index (χ4v) is 1.78. The minimum absolute atomic E-state index is 0. The van der Waals surface area contributed by atoms with Gasteiger partial charge in [-0.25, -0.2) is 0 Å². The second-order valence-electron chi connectivity index (χ2n) is 4.37. The average Bonchev–Trinajstić information content (AvgIpc) is 2.50. The zero-order valence-electron chi connectivity index (χ0n) is 13.0. The van der Waals surface area contributed by atoms with E-state index in [-0.39, 0.29) is 24.0 Å². The number of aliphatic imine (C=N–C) groups is 1. The van der Waals surface area contributed by atoms with Gasteiger partial charge in [-0.05, 0) is 30.5 Å². The highest BCUT2D eigenvalue weighted by atomic mass is 127. The van der Waals surface area contributed by atoms with Crippen molar-refractivity contribution < 1.29 is 9.47 Å². The molecule has 0 radical (unpaired) electrons. The molecular weight excluding hydrogens is 381 g/mol. The first-order chi connectivity index (χ1) is 9.80. The Labute approximate surface area is 144 Å². The van der Waals surface area contributed by atoms with E-state index >= 15 is 0 Å². The number of rotatable bonds is 8. The molecule has 0 spiro atoms. The summed E-state index contributed by atoms with van der Waals surface area (Å²) in [5.41, 5.74) is 1.31. The number of guanidine groups is 1. The Balaban J connectivity index is 0.00000400. The van der Waals surface area contributed by atoms with E-state index in [2.05, 4.69) is 27.8 Å². The third kappa shape index (κ3) is 8.77. The van der Waals surface area contributed by atoms with Crippen molar-refractivity contribution in [1.82, 2.24) is 10.6 Å². The summed E-state index contributed by atoms with van der Waals surface area (Å²) in [5.74, 6) is 1.71. The number of hydrogen-bond donors (Lipinski definition) is 2. The van der Waals surface area contributed by atoms with Gasteiger partial charge in [-0.15, -0.1) is 24.0 Å². The maximum Gasteiger partial charge on any atom is 0.191 e. The van der Waals surface area contributed by atoms with E-state index in [1.165, 1.54) is 5.56 Å². The Kier molecular flexibility index (Phi) is 12.1. The van der Waals surface area contributed by atoms with Crippen molar-refractivity contribution in [2.75, 3.05) is 41.0 Å². The smallest absolute Gasteiger partial charge is 0.191 e. The standard InChI is InChI=1S/C15H25N3O2.HI/c1-16-15(18-11-12-19-2)17-10-4-5-13-6-8-14(20-3)9-7-13;/h6-9H,4-5,10-12H2,1-3H3,(H2,16,17,18);1H. The van der Waals surface area contributed by atoms with Crippen LogP contribution in [-0.4, -0.2) is 46.9 Å². The largest absolute Gasteiger partial charge is 0.497 e. The zero-order valence-corrected chi connectivity index (χ0v) is 15.3. The highest BCUT2D eigenvalue weighted by Crippen LogP contribution is 2.12. The van der Waals surface area contributed by atoms with Crippen LogP contribution in [0.4, 0.5) is 0 Å². The van der Waals surface area contributed by atoms with Crippen molar-refractivity contribution >= 4 is 29.9 Å². The molecule has 0 bridgehead atoms. The molecule has 0 heterocycles. The van der Waals surface area contributed by atoms with Crippen molar-refractivity contribution in [2.45, 2.75) is 12.8 Å².